The molecule has 0 aliphatic heterocycles. The number of hydrogen-bond donors (Lipinski definition) is 1. The first kappa shape index (κ1) is 16.5. The zero-order valence-electron chi connectivity index (χ0n) is 12.2. The first-order chi connectivity index (χ1) is 10.1. The Morgan fingerprint density at radius 3 is 2.52 bits per heavy atom. The summed E-state index contributed by atoms with van der Waals surface area (Å²) < 4.78 is 7.91. The van der Waals surface area contributed by atoms with Crippen molar-refractivity contribution in [2.45, 2.75) is 26.3 Å². The van der Waals surface area contributed by atoms with E-state index in [1.54, 1.807) is 0 Å². The van der Waals surface area contributed by atoms with E-state index in [4.69, 9.17) is 4.74 Å². The molecule has 1 unspecified atom stereocenters. The van der Waals surface area contributed by atoms with Gasteiger partial charge in [0, 0.05) is 10.5 Å². The molecule has 0 saturated heterocycles. The van der Waals surface area contributed by atoms with Crippen LogP contribution < -0.4 is 10.1 Å². The van der Waals surface area contributed by atoms with Crippen LogP contribution in [0.2, 0.25) is 0 Å². The van der Waals surface area contributed by atoms with Crippen LogP contribution in [0.25, 0.3) is 0 Å². The number of para-hydroxylation sites is 1. The van der Waals surface area contributed by atoms with Crippen molar-refractivity contribution in [3.63, 3.8) is 0 Å². The van der Waals surface area contributed by atoms with Gasteiger partial charge in [-0.1, -0.05) is 41.1 Å². The third-order valence-corrected chi connectivity index (χ3v) is 4.55. The van der Waals surface area contributed by atoms with E-state index in [1.165, 1.54) is 5.56 Å². The molecule has 0 bridgehead atoms. The summed E-state index contributed by atoms with van der Waals surface area (Å²) in [6.45, 7) is 5.36. The van der Waals surface area contributed by atoms with Gasteiger partial charge < -0.3 is 10.1 Å². The Hall–Kier alpha value is -0.840. The van der Waals surface area contributed by atoms with Crippen LogP contribution in [0.3, 0.4) is 0 Å². The lowest BCUT2D eigenvalue weighted by atomic mass is 10.1. The van der Waals surface area contributed by atoms with E-state index in [2.05, 4.69) is 57.1 Å². The van der Waals surface area contributed by atoms with Crippen LogP contribution in [0, 0.1) is 0 Å². The topological polar surface area (TPSA) is 21.3 Å². The fraction of sp³-hybridized carbons (Fsp3) is 0.294. The Labute approximate surface area is 143 Å². The van der Waals surface area contributed by atoms with Gasteiger partial charge in [0.15, 0.2) is 0 Å². The summed E-state index contributed by atoms with van der Waals surface area (Å²) in [4.78, 5) is 0. The summed E-state index contributed by atoms with van der Waals surface area (Å²) in [5, 5.41) is 3.49. The first-order valence-corrected chi connectivity index (χ1v) is 8.65. The lowest BCUT2D eigenvalue weighted by Crippen LogP contribution is -2.19. The van der Waals surface area contributed by atoms with Gasteiger partial charge >= 0.3 is 0 Å². The van der Waals surface area contributed by atoms with Crippen LogP contribution in [0.1, 0.15) is 31.9 Å². The van der Waals surface area contributed by atoms with Gasteiger partial charge in [-0.3, -0.25) is 0 Å². The second-order valence-electron chi connectivity index (χ2n) is 4.89. The zero-order valence-corrected chi connectivity index (χ0v) is 15.4. The summed E-state index contributed by atoms with van der Waals surface area (Å²) in [5.74, 6) is 1.63. The van der Waals surface area contributed by atoms with Crippen molar-refractivity contribution in [2.24, 2.45) is 0 Å². The fourth-order valence-electron chi connectivity index (χ4n) is 2.05. The van der Waals surface area contributed by atoms with Crippen LogP contribution in [-0.4, -0.2) is 6.54 Å². The quantitative estimate of drug-likeness (QED) is 0.622. The van der Waals surface area contributed by atoms with E-state index in [0.29, 0.717) is 6.04 Å². The molecular formula is C17H19Br2NO. The van der Waals surface area contributed by atoms with Crippen LogP contribution >= 0.6 is 31.9 Å². The van der Waals surface area contributed by atoms with Gasteiger partial charge in [0.25, 0.3) is 0 Å². The van der Waals surface area contributed by atoms with Crippen molar-refractivity contribution in [2.75, 3.05) is 6.54 Å². The fourth-order valence-corrected chi connectivity index (χ4v) is 3.11. The number of ether oxygens (including phenoxy) is 1. The Bertz CT molecular complexity index is 601. The SMILES string of the molecule is CCCNC(C)c1ccc(Oc2ccccc2Br)cc1Br. The van der Waals surface area contributed by atoms with Gasteiger partial charge in [-0.15, -0.1) is 0 Å². The third kappa shape index (κ3) is 4.56. The molecule has 0 radical (unpaired) electrons. The Balaban J connectivity index is 2.14. The summed E-state index contributed by atoms with van der Waals surface area (Å²) in [6.07, 6.45) is 1.13. The molecule has 21 heavy (non-hydrogen) atoms. The average Bonchev–Trinajstić information content (AvgIpc) is 2.47. The predicted octanol–water partition coefficient (Wildman–Crippen LogP) is 6.06. The molecule has 0 aliphatic rings. The molecule has 0 aliphatic carbocycles. The molecule has 0 spiro atoms. The summed E-state index contributed by atoms with van der Waals surface area (Å²) in [7, 11) is 0. The van der Waals surface area contributed by atoms with Crippen LogP contribution in [0.5, 0.6) is 11.5 Å². The second kappa shape index (κ2) is 7.97. The van der Waals surface area contributed by atoms with Crippen molar-refractivity contribution < 1.29 is 4.74 Å². The zero-order chi connectivity index (χ0) is 15.2. The maximum absolute atomic E-state index is 5.91. The average molecular weight is 413 g/mol. The minimum atomic E-state index is 0.317. The van der Waals surface area contributed by atoms with Gasteiger partial charge in [0.2, 0.25) is 0 Å². The van der Waals surface area contributed by atoms with Gasteiger partial charge in [-0.25, -0.2) is 0 Å². The van der Waals surface area contributed by atoms with E-state index in [9.17, 15) is 0 Å². The summed E-state index contributed by atoms with van der Waals surface area (Å²) >= 11 is 7.13. The number of benzene rings is 2. The van der Waals surface area contributed by atoms with E-state index in [0.717, 1.165) is 33.4 Å². The highest BCUT2D eigenvalue weighted by Crippen LogP contribution is 2.33. The molecule has 2 rings (SSSR count). The third-order valence-electron chi connectivity index (χ3n) is 3.20. The van der Waals surface area contributed by atoms with Crippen molar-refractivity contribution in [3.05, 3.63) is 57.0 Å². The molecule has 2 aromatic rings. The number of halogens is 2. The minimum absolute atomic E-state index is 0.317. The van der Waals surface area contributed by atoms with Gasteiger partial charge in [-0.05, 0) is 65.6 Å². The number of hydrogen-bond acceptors (Lipinski definition) is 2. The number of rotatable bonds is 6. The first-order valence-electron chi connectivity index (χ1n) is 7.07. The Morgan fingerprint density at radius 2 is 1.86 bits per heavy atom. The van der Waals surface area contributed by atoms with Crippen LogP contribution in [-0.2, 0) is 0 Å². The smallest absolute Gasteiger partial charge is 0.141 e. The molecule has 4 heteroatoms. The van der Waals surface area contributed by atoms with Crippen molar-refractivity contribution in [1.29, 1.82) is 0 Å². The van der Waals surface area contributed by atoms with Crippen LogP contribution in [0.4, 0.5) is 0 Å². The molecule has 0 heterocycles. The Kier molecular flexibility index (Phi) is 6.27. The highest BCUT2D eigenvalue weighted by Gasteiger charge is 2.10. The standard InChI is InChI=1S/C17H19Br2NO/c1-3-10-20-12(2)14-9-8-13(11-16(14)19)21-17-7-5-4-6-15(17)18/h4-9,11-12,20H,3,10H2,1-2H3. The molecule has 2 nitrogen and oxygen atoms in total. The van der Waals surface area contributed by atoms with Crippen molar-refractivity contribution in [3.8, 4) is 11.5 Å². The summed E-state index contributed by atoms with van der Waals surface area (Å²) in [5.41, 5.74) is 1.24. The largest absolute Gasteiger partial charge is 0.456 e. The lowest BCUT2D eigenvalue weighted by Gasteiger charge is -2.16. The number of nitrogens with one attached hydrogen (secondary N) is 1. The van der Waals surface area contributed by atoms with Crippen molar-refractivity contribution >= 4 is 31.9 Å². The van der Waals surface area contributed by atoms with Crippen LogP contribution in [0.15, 0.2) is 51.4 Å². The van der Waals surface area contributed by atoms with E-state index < -0.39 is 0 Å². The highest BCUT2D eigenvalue weighted by atomic mass is 79.9. The van der Waals surface area contributed by atoms with Gasteiger partial charge in [-0.2, -0.15) is 0 Å². The monoisotopic (exact) mass is 411 g/mol. The predicted molar refractivity (Wildman–Crippen MR) is 95.1 cm³/mol. The van der Waals surface area contributed by atoms with E-state index >= 15 is 0 Å². The summed E-state index contributed by atoms with van der Waals surface area (Å²) in [6, 6.07) is 14.3. The second-order valence-corrected chi connectivity index (χ2v) is 6.60. The molecule has 2 aromatic carbocycles. The van der Waals surface area contributed by atoms with Gasteiger partial charge in [0.05, 0.1) is 4.47 Å². The molecule has 0 aromatic heterocycles. The highest BCUT2D eigenvalue weighted by molar-refractivity contribution is 9.10. The molecule has 1 N–H and O–H groups in total. The van der Waals surface area contributed by atoms with Crippen molar-refractivity contribution in [1.82, 2.24) is 5.32 Å². The van der Waals surface area contributed by atoms with Gasteiger partial charge in [0.1, 0.15) is 11.5 Å². The molecule has 0 amide bonds. The lowest BCUT2D eigenvalue weighted by molar-refractivity contribution is 0.478. The molecule has 0 fully saturated rings. The molecular weight excluding hydrogens is 394 g/mol. The Morgan fingerprint density at radius 1 is 1.10 bits per heavy atom. The maximum Gasteiger partial charge on any atom is 0.141 e. The normalized spacial score (nSPS) is 12.2. The molecule has 1 atom stereocenters. The minimum Gasteiger partial charge on any atom is -0.456 e. The van der Waals surface area contributed by atoms with E-state index in [-0.39, 0.29) is 0 Å². The maximum atomic E-state index is 5.91. The van der Waals surface area contributed by atoms with E-state index in [1.807, 2.05) is 36.4 Å². The molecule has 0 saturated carbocycles. The molecule has 112 valence electrons.